The fourth-order valence-electron chi connectivity index (χ4n) is 1.90. The van der Waals surface area contributed by atoms with Gasteiger partial charge in [-0.2, -0.15) is 0 Å². The average molecular weight is 303 g/mol. The fraction of sp³-hybridized carbons (Fsp3) is 0.455. The number of hydrogen-bond donors (Lipinski definition) is 2. The minimum absolute atomic E-state index is 0.173. The van der Waals surface area contributed by atoms with E-state index < -0.39 is 0 Å². The number of halogens is 1. The van der Waals surface area contributed by atoms with Gasteiger partial charge in [0.1, 0.15) is 0 Å². The Morgan fingerprint density at radius 3 is 2.86 bits per heavy atom. The predicted octanol–water partition coefficient (Wildman–Crippen LogP) is 2.62. The second kappa shape index (κ2) is 4.49. The summed E-state index contributed by atoms with van der Waals surface area (Å²) in [6.45, 7) is 0. The highest BCUT2D eigenvalue weighted by Crippen LogP contribution is 2.23. The van der Waals surface area contributed by atoms with Crippen LogP contribution >= 0.6 is 22.6 Å². The second-order valence-corrected chi connectivity index (χ2v) is 5.01. The minimum atomic E-state index is -0.173. The zero-order valence-corrected chi connectivity index (χ0v) is 10.1. The molecule has 14 heavy (non-hydrogen) atoms. The molecule has 1 aromatic carbocycles. The van der Waals surface area contributed by atoms with Crippen LogP contribution in [0.25, 0.3) is 0 Å². The Labute approximate surface area is 97.9 Å². The van der Waals surface area contributed by atoms with E-state index >= 15 is 0 Å². The summed E-state index contributed by atoms with van der Waals surface area (Å²) in [5, 5.41) is 13.0. The fourth-order valence-corrected chi connectivity index (χ4v) is 2.44. The quantitative estimate of drug-likeness (QED) is 0.823. The van der Waals surface area contributed by atoms with Crippen molar-refractivity contribution in [3.63, 3.8) is 0 Å². The van der Waals surface area contributed by atoms with Gasteiger partial charge in [0, 0.05) is 9.26 Å². The minimum Gasteiger partial charge on any atom is -0.391 e. The van der Waals surface area contributed by atoms with Crippen LogP contribution in [0.5, 0.6) is 0 Å². The van der Waals surface area contributed by atoms with Crippen molar-refractivity contribution in [1.29, 1.82) is 0 Å². The zero-order valence-electron chi connectivity index (χ0n) is 7.91. The lowest BCUT2D eigenvalue weighted by Crippen LogP contribution is -2.27. The predicted molar refractivity (Wildman–Crippen MR) is 66.4 cm³/mol. The molecule has 1 aromatic rings. The zero-order chi connectivity index (χ0) is 9.97. The van der Waals surface area contributed by atoms with Crippen molar-refractivity contribution in [2.24, 2.45) is 0 Å². The van der Waals surface area contributed by atoms with Crippen LogP contribution in [0.15, 0.2) is 24.3 Å². The highest BCUT2D eigenvalue weighted by atomic mass is 127. The summed E-state index contributed by atoms with van der Waals surface area (Å²) in [5.74, 6) is 0. The topological polar surface area (TPSA) is 32.3 Å². The Balaban J connectivity index is 2.03. The molecule has 2 N–H and O–H groups in total. The summed E-state index contributed by atoms with van der Waals surface area (Å²) in [6.07, 6.45) is 2.96. The van der Waals surface area contributed by atoms with E-state index in [1.54, 1.807) is 0 Å². The maximum Gasteiger partial charge on any atom is 0.0741 e. The first-order valence-electron chi connectivity index (χ1n) is 4.96. The van der Waals surface area contributed by atoms with E-state index in [4.69, 9.17) is 0 Å². The van der Waals surface area contributed by atoms with E-state index in [2.05, 4.69) is 40.0 Å². The van der Waals surface area contributed by atoms with Gasteiger partial charge in [0.15, 0.2) is 0 Å². The third-order valence-electron chi connectivity index (χ3n) is 2.66. The number of nitrogens with one attached hydrogen (secondary N) is 1. The Bertz CT molecular complexity index is 316. The summed E-state index contributed by atoms with van der Waals surface area (Å²) >= 11 is 2.29. The Kier molecular flexibility index (Phi) is 3.28. The molecule has 0 amide bonds. The van der Waals surface area contributed by atoms with Gasteiger partial charge in [-0.25, -0.2) is 0 Å². The Morgan fingerprint density at radius 2 is 2.21 bits per heavy atom. The van der Waals surface area contributed by atoms with Gasteiger partial charge in [-0.15, -0.1) is 0 Å². The molecular weight excluding hydrogens is 289 g/mol. The third-order valence-corrected chi connectivity index (χ3v) is 3.33. The van der Waals surface area contributed by atoms with Crippen LogP contribution in [-0.2, 0) is 0 Å². The highest BCUT2D eigenvalue weighted by Gasteiger charge is 2.24. The monoisotopic (exact) mass is 303 g/mol. The number of benzene rings is 1. The smallest absolute Gasteiger partial charge is 0.0741 e. The number of aliphatic hydroxyl groups is 1. The Hall–Kier alpha value is -0.290. The third kappa shape index (κ3) is 2.39. The van der Waals surface area contributed by atoms with Crippen molar-refractivity contribution in [2.45, 2.75) is 31.4 Å². The van der Waals surface area contributed by atoms with Crippen molar-refractivity contribution in [2.75, 3.05) is 5.32 Å². The number of hydrogen-bond acceptors (Lipinski definition) is 2. The molecule has 3 heteroatoms. The molecule has 0 heterocycles. The van der Waals surface area contributed by atoms with Crippen molar-refractivity contribution >= 4 is 28.3 Å². The molecule has 0 unspecified atom stereocenters. The SMILES string of the molecule is O[C@H]1CCC[C@@H]1Nc1cccc(I)c1. The maximum absolute atomic E-state index is 9.66. The molecule has 76 valence electrons. The first-order valence-corrected chi connectivity index (χ1v) is 6.04. The maximum atomic E-state index is 9.66. The number of aliphatic hydroxyl groups excluding tert-OH is 1. The lowest BCUT2D eigenvalue weighted by Gasteiger charge is -2.17. The molecule has 1 fully saturated rings. The van der Waals surface area contributed by atoms with Crippen LogP contribution < -0.4 is 5.32 Å². The van der Waals surface area contributed by atoms with Gasteiger partial charge in [0.05, 0.1) is 12.1 Å². The van der Waals surface area contributed by atoms with Crippen molar-refractivity contribution in [3.8, 4) is 0 Å². The van der Waals surface area contributed by atoms with Crippen LogP contribution in [0.1, 0.15) is 19.3 Å². The molecule has 1 aliphatic rings. The average Bonchev–Trinajstić information content (AvgIpc) is 2.52. The molecule has 0 spiro atoms. The first kappa shape index (κ1) is 10.2. The summed E-state index contributed by atoms with van der Waals surface area (Å²) in [5.41, 5.74) is 1.11. The van der Waals surface area contributed by atoms with Gasteiger partial charge in [-0.3, -0.25) is 0 Å². The van der Waals surface area contributed by atoms with Gasteiger partial charge >= 0.3 is 0 Å². The lowest BCUT2D eigenvalue weighted by molar-refractivity contribution is 0.172. The summed E-state index contributed by atoms with van der Waals surface area (Å²) < 4.78 is 1.22. The molecule has 2 nitrogen and oxygen atoms in total. The highest BCUT2D eigenvalue weighted by molar-refractivity contribution is 14.1. The Morgan fingerprint density at radius 1 is 1.36 bits per heavy atom. The summed E-state index contributed by atoms with van der Waals surface area (Å²) in [6, 6.07) is 8.49. The molecule has 0 aliphatic heterocycles. The van der Waals surface area contributed by atoms with E-state index in [0.29, 0.717) is 0 Å². The van der Waals surface area contributed by atoms with Crippen molar-refractivity contribution < 1.29 is 5.11 Å². The van der Waals surface area contributed by atoms with Crippen LogP contribution in [-0.4, -0.2) is 17.3 Å². The molecule has 0 saturated heterocycles. The van der Waals surface area contributed by atoms with E-state index in [-0.39, 0.29) is 12.1 Å². The molecule has 0 bridgehead atoms. The van der Waals surface area contributed by atoms with E-state index in [1.807, 2.05) is 12.1 Å². The first-order chi connectivity index (χ1) is 6.75. The van der Waals surface area contributed by atoms with Gasteiger partial charge in [0.25, 0.3) is 0 Å². The molecule has 0 aromatic heterocycles. The van der Waals surface area contributed by atoms with Crippen molar-refractivity contribution in [1.82, 2.24) is 0 Å². The second-order valence-electron chi connectivity index (χ2n) is 3.76. The molecule has 2 rings (SSSR count). The summed E-state index contributed by atoms with van der Waals surface area (Å²) in [4.78, 5) is 0. The molecular formula is C11H14INO. The van der Waals surface area contributed by atoms with Gasteiger partial charge < -0.3 is 10.4 Å². The standard InChI is InChI=1S/C11H14INO/c12-8-3-1-4-9(7-8)13-10-5-2-6-11(10)14/h1,3-4,7,10-11,13-14H,2,5-6H2/t10-,11-/m0/s1. The molecule has 2 atom stereocenters. The van der Waals surface area contributed by atoms with E-state index in [0.717, 1.165) is 24.9 Å². The van der Waals surface area contributed by atoms with Crippen LogP contribution in [0.2, 0.25) is 0 Å². The number of rotatable bonds is 2. The van der Waals surface area contributed by atoms with Gasteiger partial charge in [0.2, 0.25) is 0 Å². The lowest BCUT2D eigenvalue weighted by atomic mass is 10.2. The summed E-state index contributed by atoms with van der Waals surface area (Å²) in [7, 11) is 0. The van der Waals surface area contributed by atoms with Crippen molar-refractivity contribution in [3.05, 3.63) is 27.8 Å². The molecule has 1 saturated carbocycles. The number of anilines is 1. The van der Waals surface area contributed by atoms with Gasteiger partial charge in [-0.05, 0) is 60.1 Å². The van der Waals surface area contributed by atoms with E-state index in [1.165, 1.54) is 3.57 Å². The molecule has 0 radical (unpaired) electrons. The van der Waals surface area contributed by atoms with Crippen LogP contribution in [0.4, 0.5) is 5.69 Å². The van der Waals surface area contributed by atoms with E-state index in [9.17, 15) is 5.11 Å². The largest absolute Gasteiger partial charge is 0.391 e. The van der Waals surface area contributed by atoms with Crippen LogP contribution in [0.3, 0.4) is 0 Å². The van der Waals surface area contributed by atoms with Crippen LogP contribution in [0, 0.1) is 3.57 Å². The molecule has 1 aliphatic carbocycles. The normalized spacial score (nSPS) is 26.4. The van der Waals surface area contributed by atoms with Gasteiger partial charge in [-0.1, -0.05) is 6.07 Å².